The lowest BCUT2D eigenvalue weighted by molar-refractivity contribution is -0.174. The van der Waals surface area contributed by atoms with Crippen molar-refractivity contribution in [3.63, 3.8) is 0 Å². The number of para-hydroxylation sites is 1. The Kier molecular flexibility index (Phi) is 8.02. The van der Waals surface area contributed by atoms with Crippen LogP contribution < -0.4 is 5.32 Å². The number of aryl methyl sites for hydroxylation is 1. The molecule has 3 saturated carbocycles. The van der Waals surface area contributed by atoms with Crippen molar-refractivity contribution in [2.75, 3.05) is 11.9 Å². The van der Waals surface area contributed by atoms with Gasteiger partial charge in [-0.25, -0.2) is 4.79 Å². The van der Waals surface area contributed by atoms with E-state index in [1.807, 2.05) is 72.5 Å². The van der Waals surface area contributed by atoms with E-state index in [0.717, 1.165) is 63.8 Å². The number of hydrogen-bond acceptors (Lipinski definition) is 5. The zero-order chi connectivity index (χ0) is 36.8. The number of aliphatic hydroxyl groups is 2. The largest absolute Gasteiger partial charge is 0.393 e. The second kappa shape index (κ2) is 12.2. The molecule has 0 saturated heterocycles. The maximum absolute atomic E-state index is 14.8. The number of aliphatic hydroxyl groups excluding tert-OH is 1. The maximum Gasteiger partial charge on any atom is 0.322 e. The monoisotopic (exact) mass is 726 g/mol. The van der Waals surface area contributed by atoms with E-state index >= 15 is 0 Å². The SMILES string of the molecule is Cc1ccc(C(=O)C2=CC34C=CC25C(CCC2(C)C5CCC2(O)CN(Cc2cccc5ccccc25)C(=O)Nc2ccccc2)C3(C)CCC(O)C4)s1. The molecule has 8 atom stereocenters. The zero-order valence-electron chi connectivity index (χ0n) is 31.0. The third-order valence-corrected chi connectivity index (χ3v) is 15.9. The van der Waals surface area contributed by atoms with Gasteiger partial charge in [0.15, 0.2) is 5.78 Å². The van der Waals surface area contributed by atoms with Gasteiger partial charge in [0.25, 0.3) is 0 Å². The Bertz CT molecular complexity index is 2170. The molecule has 4 aromatic rings. The van der Waals surface area contributed by atoms with Crippen molar-refractivity contribution >= 4 is 39.6 Å². The molecular weight excluding hydrogens is 677 g/mol. The quantitative estimate of drug-likeness (QED) is 0.131. The second-order valence-electron chi connectivity index (χ2n) is 17.3. The van der Waals surface area contributed by atoms with Crippen LogP contribution in [0.4, 0.5) is 10.5 Å². The van der Waals surface area contributed by atoms with Gasteiger partial charge < -0.3 is 20.4 Å². The lowest BCUT2D eigenvalue weighted by Crippen LogP contribution is -2.67. The second-order valence-corrected chi connectivity index (χ2v) is 18.6. The van der Waals surface area contributed by atoms with E-state index in [1.54, 1.807) is 11.3 Å². The van der Waals surface area contributed by atoms with Crippen molar-refractivity contribution in [3.8, 4) is 0 Å². The number of allylic oxidation sites excluding steroid dienone is 4. The Morgan fingerprint density at radius 1 is 0.849 bits per heavy atom. The summed E-state index contributed by atoms with van der Waals surface area (Å²) in [4.78, 5) is 32.9. The van der Waals surface area contributed by atoms with Crippen LogP contribution >= 0.6 is 11.3 Å². The first-order valence-corrected chi connectivity index (χ1v) is 20.3. The number of benzene rings is 3. The van der Waals surface area contributed by atoms with E-state index in [-0.39, 0.29) is 41.0 Å². The summed E-state index contributed by atoms with van der Waals surface area (Å²) < 4.78 is 0. The van der Waals surface area contributed by atoms with Crippen LogP contribution in [0.3, 0.4) is 0 Å². The summed E-state index contributed by atoms with van der Waals surface area (Å²) in [5.41, 5.74) is -0.160. The first kappa shape index (κ1) is 34.7. The molecule has 10 rings (SSSR count). The molecule has 6 aliphatic carbocycles. The number of thiophene rings is 1. The van der Waals surface area contributed by atoms with Gasteiger partial charge in [0.05, 0.1) is 23.1 Å². The van der Waals surface area contributed by atoms with Crippen molar-refractivity contribution in [3.05, 3.63) is 124 Å². The molecule has 0 radical (unpaired) electrons. The molecule has 3 N–H and O–H groups in total. The van der Waals surface area contributed by atoms with Gasteiger partial charge in [-0.15, -0.1) is 11.3 Å². The third-order valence-electron chi connectivity index (χ3n) is 14.9. The predicted octanol–water partition coefficient (Wildman–Crippen LogP) is 9.72. The number of nitrogens with one attached hydrogen (secondary N) is 1. The molecule has 2 spiro atoms. The number of fused-ring (bicyclic) bond motifs is 2. The molecule has 3 aromatic carbocycles. The standard InChI is InChI=1S/C46H50N2O4S/c1-30-16-17-37(53-30)40(50)36-27-44-24-25-46(36)38(42(44,2)21-18-34(49)26-44)19-22-43(3)39(46)20-23-45(43,52)29-48(41(51)47-33-13-5-4-6-14-33)28-32-12-9-11-31-10-7-8-15-35(31)32/h4-17,24-25,27,34,38-39,49,52H,18-23,26,28-29H2,1-3H3,(H,47,51). The molecule has 6 aliphatic rings. The molecule has 2 bridgehead atoms. The molecule has 8 unspecified atom stereocenters. The number of carbonyl (C=O) groups excluding carboxylic acids is 2. The van der Waals surface area contributed by atoms with Gasteiger partial charge in [-0.3, -0.25) is 4.79 Å². The molecule has 0 aliphatic heterocycles. The van der Waals surface area contributed by atoms with Crippen LogP contribution in [0.1, 0.15) is 78.9 Å². The average molecular weight is 727 g/mol. The first-order valence-electron chi connectivity index (χ1n) is 19.4. The van der Waals surface area contributed by atoms with Crippen molar-refractivity contribution in [1.29, 1.82) is 0 Å². The minimum atomic E-state index is -1.19. The number of carbonyl (C=O) groups is 2. The van der Waals surface area contributed by atoms with E-state index in [2.05, 4.69) is 61.7 Å². The number of ketones is 1. The van der Waals surface area contributed by atoms with E-state index in [1.165, 1.54) is 0 Å². The molecule has 274 valence electrons. The van der Waals surface area contributed by atoms with Crippen LogP contribution in [0, 0.1) is 40.4 Å². The Morgan fingerprint density at radius 3 is 2.36 bits per heavy atom. The topological polar surface area (TPSA) is 89.9 Å². The van der Waals surface area contributed by atoms with Crippen molar-refractivity contribution in [2.24, 2.45) is 33.5 Å². The fraction of sp³-hybridized carbons (Fsp3) is 0.435. The number of Topliss-reactive ketones (excluding diaryl/α,β-unsaturated/α-hetero) is 1. The fourth-order valence-electron chi connectivity index (χ4n) is 12.2. The number of nitrogens with zero attached hydrogens (tertiary/aromatic N) is 1. The molecule has 3 fully saturated rings. The van der Waals surface area contributed by atoms with Crippen LogP contribution in [0.5, 0.6) is 0 Å². The number of hydrogen-bond donors (Lipinski definition) is 3. The van der Waals surface area contributed by atoms with Crippen LogP contribution in [0.2, 0.25) is 0 Å². The average Bonchev–Trinajstić information content (AvgIpc) is 3.71. The third kappa shape index (κ3) is 5.03. The van der Waals surface area contributed by atoms with Crippen LogP contribution in [-0.2, 0) is 6.54 Å². The predicted molar refractivity (Wildman–Crippen MR) is 212 cm³/mol. The lowest BCUT2D eigenvalue weighted by Gasteiger charge is -2.71. The summed E-state index contributed by atoms with van der Waals surface area (Å²) in [7, 11) is 0. The normalized spacial score (nSPS) is 35.3. The highest BCUT2D eigenvalue weighted by Crippen LogP contribution is 2.78. The molecule has 2 amide bonds. The van der Waals surface area contributed by atoms with Crippen molar-refractivity contribution in [2.45, 2.75) is 84.0 Å². The van der Waals surface area contributed by atoms with Gasteiger partial charge in [0.1, 0.15) is 0 Å². The number of urea groups is 1. The van der Waals surface area contributed by atoms with E-state index in [0.29, 0.717) is 25.1 Å². The highest BCUT2D eigenvalue weighted by atomic mass is 32.1. The van der Waals surface area contributed by atoms with E-state index in [9.17, 15) is 19.8 Å². The van der Waals surface area contributed by atoms with E-state index in [4.69, 9.17) is 0 Å². The summed E-state index contributed by atoms with van der Waals surface area (Å²) in [5, 5.41) is 29.6. The van der Waals surface area contributed by atoms with Crippen LogP contribution in [0.25, 0.3) is 10.8 Å². The van der Waals surface area contributed by atoms with Crippen LogP contribution in [-0.4, -0.2) is 45.2 Å². The first-order chi connectivity index (χ1) is 25.4. The molecule has 7 heteroatoms. The maximum atomic E-state index is 14.8. The fourth-order valence-corrected chi connectivity index (χ4v) is 13.0. The number of amides is 2. The number of anilines is 1. The lowest BCUT2D eigenvalue weighted by atomic mass is 9.32. The van der Waals surface area contributed by atoms with Gasteiger partial charge >= 0.3 is 6.03 Å². The summed E-state index contributed by atoms with van der Waals surface area (Å²) in [6, 6.07) is 27.7. The van der Waals surface area contributed by atoms with Gasteiger partial charge in [0.2, 0.25) is 0 Å². The summed E-state index contributed by atoms with van der Waals surface area (Å²) in [6.45, 7) is 7.23. The Balaban J connectivity index is 1.12. The zero-order valence-corrected chi connectivity index (χ0v) is 31.8. The molecule has 53 heavy (non-hydrogen) atoms. The molecule has 1 aromatic heterocycles. The van der Waals surface area contributed by atoms with Crippen molar-refractivity contribution in [1.82, 2.24) is 4.90 Å². The van der Waals surface area contributed by atoms with Gasteiger partial charge in [-0.05, 0) is 110 Å². The van der Waals surface area contributed by atoms with Crippen molar-refractivity contribution < 1.29 is 19.8 Å². The summed E-state index contributed by atoms with van der Waals surface area (Å²) in [5.74, 6) is 0.314. The molecule has 6 nitrogen and oxygen atoms in total. The van der Waals surface area contributed by atoms with Gasteiger partial charge in [0, 0.05) is 38.9 Å². The Morgan fingerprint density at radius 2 is 1.57 bits per heavy atom. The molecular formula is C46H50N2O4S. The van der Waals surface area contributed by atoms with Gasteiger partial charge in [-0.2, -0.15) is 0 Å². The van der Waals surface area contributed by atoms with E-state index < -0.39 is 22.5 Å². The van der Waals surface area contributed by atoms with Crippen LogP contribution in [0.15, 0.2) is 109 Å². The summed E-state index contributed by atoms with van der Waals surface area (Å²) >= 11 is 1.55. The minimum Gasteiger partial charge on any atom is -0.393 e. The number of rotatable bonds is 7. The Hall–Kier alpha value is -4.04. The highest BCUT2D eigenvalue weighted by molar-refractivity contribution is 7.14. The molecule has 1 heterocycles. The summed E-state index contributed by atoms with van der Waals surface area (Å²) in [6.07, 6.45) is 11.9. The van der Waals surface area contributed by atoms with Gasteiger partial charge in [-0.1, -0.05) is 92.7 Å². The highest BCUT2D eigenvalue weighted by Gasteiger charge is 2.74. The Labute approximate surface area is 316 Å². The minimum absolute atomic E-state index is 0.00447. The smallest absolute Gasteiger partial charge is 0.322 e.